The first kappa shape index (κ1) is 12.5. The van der Waals surface area contributed by atoms with E-state index in [1.165, 1.54) is 0 Å². The molecule has 1 aromatic heterocycles. The first-order chi connectivity index (χ1) is 8.08. The number of hydrogen-bond acceptors (Lipinski definition) is 4. The molecule has 0 aromatic carbocycles. The van der Waals surface area contributed by atoms with Crippen LogP contribution in [0, 0.1) is 0 Å². The molecule has 1 aliphatic rings. The molecule has 1 saturated heterocycles. The van der Waals surface area contributed by atoms with Gasteiger partial charge < -0.3 is 10.0 Å². The van der Waals surface area contributed by atoms with Gasteiger partial charge in [0.05, 0.1) is 18.3 Å². The van der Waals surface area contributed by atoms with Gasteiger partial charge in [-0.3, -0.25) is 9.58 Å². The number of aliphatic hydroxyl groups is 1. The third kappa shape index (κ3) is 2.86. The largest absolute Gasteiger partial charge is 0.387 e. The Hall–Kier alpha value is -0.910. The molecule has 0 spiro atoms. The zero-order valence-electron chi connectivity index (χ0n) is 10.9. The van der Waals surface area contributed by atoms with Gasteiger partial charge in [-0.25, -0.2) is 0 Å². The SMILES string of the molecule is CN1CCCN(C)C(C(O)c2cnn(C)c2)C1. The van der Waals surface area contributed by atoms with Gasteiger partial charge in [0.2, 0.25) is 0 Å². The molecular formula is C12H22N4O. The van der Waals surface area contributed by atoms with Crippen molar-refractivity contribution in [1.29, 1.82) is 0 Å². The van der Waals surface area contributed by atoms with E-state index in [0.717, 1.165) is 31.6 Å². The molecule has 1 aliphatic heterocycles. The number of likely N-dealkylation sites (N-methyl/N-ethyl adjacent to an activating group) is 2. The van der Waals surface area contributed by atoms with E-state index in [0.29, 0.717) is 0 Å². The van der Waals surface area contributed by atoms with Gasteiger partial charge in [0, 0.05) is 25.4 Å². The maximum absolute atomic E-state index is 10.5. The van der Waals surface area contributed by atoms with E-state index >= 15 is 0 Å². The van der Waals surface area contributed by atoms with Gasteiger partial charge >= 0.3 is 0 Å². The third-order valence-electron chi connectivity index (χ3n) is 3.55. The predicted molar refractivity (Wildman–Crippen MR) is 66.7 cm³/mol. The van der Waals surface area contributed by atoms with Gasteiger partial charge in [-0.15, -0.1) is 0 Å². The molecule has 1 aromatic rings. The lowest BCUT2D eigenvalue weighted by Gasteiger charge is -2.31. The molecule has 17 heavy (non-hydrogen) atoms. The molecule has 0 saturated carbocycles. The Balaban J connectivity index is 2.13. The van der Waals surface area contributed by atoms with Gasteiger partial charge in [-0.1, -0.05) is 0 Å². The topological polar surface area (TPSA) is 44.5 Å². The first-order valence-corrected chi connectivity index (χ1v) is 6.13. The molecule has 2 heterocycles. The van der Waals surface area contributed by atoms with Crippen LogP contribution in [0.5, 0.6) is 0 Å². The molecule has 0 amide bonds. The van der Waals surface area contributed by atoms with Crippen molar-refractivity contribution in [3.05, 3.63) is 18.0 Å². The average molecular weight is 238 g/mol. The van der Waals surface area contributed by atoms with Crippen LogP contribution < -0.4 is 0 Å². The fourth-order valence-corrected chi connectivity index (χ4v) is 2.46. The zero-order chi connectivity index (χ0) is 12.4. The highest BCUT2D eigenvalue weighted by Crippen LogP contribution is 2.22. The minimum Gasteiger partial charge on any atom is -0.387 e. The summed E-state index contributed by atoms with van der Waals surface area (Å²) in [4.78, 5) is 4.54. The van der Waals surface area contributed by atoms with Crippen molar-refractivity contribution in [2.75, 3.05) is 33.7 Å². The Kier molecular flexibility index (Phi) is 3.81. The maximum Gasteiger partial charge on any atom is 0.0987 e. The quantitative estimate of drug-likeness (QED) is 0.793. The molecule has 2 atom stereocenters. The summed E-state index contributed by atoms with van der Waals surface area (Å²) in [7, 11) is 6.07. The van der Waals surface area contributed by atoms with Crippen LogP contribution in [-0.4, -0.2) is 64.5 Å². The summed E-state index contributed by atoms with van der Waals surface area (Å²) in [5.74, 6) is 0. The van der Waals surface area contributed by atoms with Crippen LogP contribution >= 0.6 is 0 Å². The second-order valence-electron chi connectivity index (χ2n) is 5.06. The van der Waals surface area contributed by atoms with Gasteiger partial charge in [0.1, 0.15) is 0 Å². The van der Waals surface area contributed by atoms with Crippen molar-refractivity contribution in [2.45, 2.75) is 18.6 Å². The lowest BCUT2D eigenvalue weighted by Crippen LogP contribution is -2.42. The normalized spacial score (nSPS) is 25.8. The molecule has 0 bridgehead atoms. The van der Waals surface area contributed by atoms with Gasteiger partial charge in [-0.05, 0) is 33.6 Å². The van der Waals surface area contributed by atoms with Crippen LogP contribution in [0.3, 0.4) is 0 Å². The zero-order valence-corrected chi connectivity index (χ0v) is 10.9. The fourth-order valence-electron chi connectivity index (χ4n) is 2.46. The fraction of sp³-hybridized carbons (Fsp3) is 0.750. The smallest absolute Gasteiger partial charge is 0.0987 e. The van der Waals surface area contributed by atoms with E-state index in [-0.39, 0.29) is 6.04 Å². The van der Waals surface area contributed by atoms with E-state index in [4.69, 9.17) is 0 Å². The second kappa shape index (κ2) is 5.16. The van der Waals surface area contributed by atoms with Crippen LogP contribution in [-0.2, 0) is 7.05 Å². The van der Waals surface area contributed by atoms with E-state index < -0.39 is 6.10 Å². The Morgan fingerprint density at radius 3 is 2.76 bits per heavy atom. The van der Waals surface area contributed by atoms with E-state index in [9.17, 15) is 5.11 Å². The molecule has 0 aliphatic carbocycles. The van der Waals surface area contributed by atoms with Gasteiger partial charge in [0.15, 0.2) is 0 Å². The first-order valence-electron chi connectivity index (χ1n) is 6.13. The molecular weight excluding hydrogens is 216 g/mol. The average Bonchev–Trinajstić information content (AvgIpc) is 2.64. The van der Waals surface area contributed by atoms with Crippen molar-refractivity contribution in [2.24, 2.45) is 7.05 Å². The Bertz CT molecular complexity index is 365. The standard InChI is InChI=1S/C12H22N4O/c1-14-5-4-6-15(2)11(9-14)12(17)10-7-13-16(3)8-10/h7-8,11-12,17H,4-6,9H2,1-3H3. The lowest BCUT2D eigenvalue weighted by molar-refractivity contribution is 0.0572. The molecule has 0 radical (unpaired) electrons. The van der Waals surface area contributed by atoms with E-state index in [1.807, 2.05) is 13.2 Å². The van der Waals surface area contributed by atoms with E-state index in [2.05, 4.69) is 29.0 Å². The van der Waals surface area contributed by atoms with Crippen molar-refractivity contribution >= 4 is 0 Å². The van der Waals surface area contributed by atoms with Crippen LogP contribution in [0.25, 0.3) is 0 Å². The number of aromatic nitrogens is 2. The summed E-state index contributed by atoms with van der Waals surface area (Å²) in [6.45, 7) is 3.03. The lowest BCUT2D eigenvalue weighted by atomic mass is 10.0. The van der Waals surface area contributed by atoms with Crippen molar-refractivity contribution in [3.63, 3.8) is 0 Å². The van der Waals surface area contributed by atoms with Crippen LogP contribution in [0.4, 0.5) is 0 Å². The molecule has 1 N–H and O–H groups in total. The summed E-state index contributed by atoms with van der Waals surface area (Å²) in [5, 5.41) is 14.6. The molecule has 2 unspecified atom stereocenters. The summed E-state index contributed by atoms with van der Waals surface area (Å²) in [6.07, 6.45) is 4.34. The monoisotopic (exact) mass is 238 g/mol. The minimum absolute atomic E-state index is 0.145. The summed E-state index contributed by atoms with van der Waals surface area (Å²) in [5.41, 5.74) is 0.902. The molecule has 2 rings (SSSR count). The number of aryl methyl sites for hydroxylation is 1. The number of hydrogen-bond donors (Lipinski definition) is 1. The highest BCUT2D eigenvalue weighted by atomic mass is 16.3. The number of nitrogens with zero attached hydrogens (tertiary/aromatic N) is 4. The van der Waals surface area contributed by atoms with Gasteiger partial charge in [0.25, 0.3) is 0 Å². The summed E-state index contributed by atoms with van der Waals surface area (Å²) < 4.78 is 1.74. The van der Waals surface area contributed by atoms with Crippen molar-refractivity contribution in [1.82, 2.24) is 19.6 Å². The minimum atomic E-state index is -0.464. The predicted octanol–water partition coefficient (Wildman–Crippen LogP) is 0.0894. The van der Waals surface area contributed by atoms with Crippen LogP contribution in [0.1, 0.15) is 18.1 Å². The summed E-state index contributed by atoms with van der Waals surface area (Å²) >= 11 is 0. The molecule has 5 nitrogen and oxygen atoms in total. The van der Waals surface area contributed by atoms with Crippen LogP contribution in [0.15, 0.2) is 12.4 Å². The summed E-state index contributed by atoms with van der Waals surface area (Å²) in [6, 6.07) is 0.145. The van der Waals surface area contributed by atoms with Crippen LogP contribution in [0.2, 0.25) is 0 Å². The number of rotatable bonds is 2. The van der Waals surface area contributed by atoms with E-state index in [1.54, 1.807) is 10.9 Å². The Labute approximate surface area is 103 Å². The third-order valence-corrected chi connectivity index (χ3v) is 3.55. The maximum atomic E-state index is 10.5. The molecule has 5 heteroatoms. The Morgan fingerprint density at radius 1 is 1.35 bits per heavy atom. The highest BCUT2D eigenvalue weighted by molar-refractivity contribution is 5.11. The highest BCUT2D eigenvalue weighted by Gasteiger charge is 2.28. The molecule has 96 valence electrons. The van der Waals surface area contributed by atoms with Crippen molar-refractivity contribution in [3.8, 4) is 0 Å². The van der Waals surface area contributed by atoms with Gasteiger partial charge in [-0.2, -0.15) is 5.10 Å². The molecule has 1 fully saturated rings. The second-order valence-corrected chi connectivity index (χ2v) is 5.06. The number of aliphatic hydroxyl groups excluding tert-OH is 1. The Morgan fingerprint density at radius 2 is 2.12 bits per heavy atom. The van der Waals surface area contributed by atoms with Crippen molar-refractivity contribution < 1.29 is 5.11 Å².